The van der Waals surface area contributed by atoms with E-state index in [1.807, 2.05) is 37.3 Å². The normalized spacial score (nSPS) is 21.7. The summed E-state index contributed by atoms with van der Waals surface area (Å²) in [5, 5.41) is 13.3. The molecular formula is C27H34N2O6S. The molecule has 2 atom stereocenters. The molecule has 0 unspecified atom stereocenters. The summed E-state index contributed by atoms with van der Waals surface area (Å²) in [6.45, 7) is 6.92. The van der Waals surface area contributed by atoms with Crippen molar-refractivity contribution in [3.63, 3.8) is 0 Å². The van der Waals surface area contributed by atoms with E-state index in [9.17, 15) is 23.1 Å². The van der Waals surface area contributed by atoms with Crippen LogP contribution in [0.4, 0.5) is 0 Å². The zero-order valence-corrected chi connectivity index (χ0v) is 22.0. The highest BCUT2D eigenvalue weighted by Crippen LogP contribution is 2.39. The lowest BCUT2D eigenvalue weighted by Crippen LogP contribution is -2.50. The summed E-state index contributed by atoms with van der Waals surface area (Å²) in [5.41, 5.74) is -0.734. The van der Waals surface area contributed by atoms with Crippen LogP contribution in [0, 0.1) is 5.41 Å². The third kappa shape index (κ3) is 4.74. The molecule has 2 aromatic carbocycles. The van der Waals surface area contributed by atoms with E-state index >= 15 is 0 Å². The molecule has 2 heterocycles. The second-order valence-corrected chi connectivity index (χ2v) is 12.5. The molecule has 36 heavy (non-hydrogen) atoms. The fourth-order valence-electron chi connectivity index (χ4n) is 4.95. The van der Waals surface area contributed by atoms with E-state index in [1.165, 1.54) is 19.9 Å². The summed E-state index contributed by atoms with van der Waals surface area (Å²) in [5.74, 6) is -1.14. The van der Waals surface area contributed by atoms with Crippen LogP contribution in [0.3, 0.4) is 0 Å². The number of hydrogen-bond donors (Lipinski definition) is 2. The molecule has 8 nitrogen and oxygen atoms in total. The first-order chi connectivity index (χ1) is 16.9. The van der Waals surface area contributed by atoms with E-state index in [4.69, 9.17) is 4.52 Å². The van der Waals surface area contributed by atoms with E-state index in [0.29, 0.717) is 18.4 Å². The molecular weight excluding hydrogens is 480 g/mol. The number of nitrogens with zero attached hydrogens (tertiary/aromatic N) is 1. The van der Waals surface area contributed by atoms with Crippen LogP contribution < -0.4 is 10.9 Å². The Morgan fingerprint density at radius 1 is 1.22 bits per heavy atom. The number of rotatable bonds is 8. The van der Waals surface area contributed by atoms with Crippen molar-refractivity contribution in [2.45, 2.75) is 76.4 Å². The number of aromatic nitrogens is 1. The smallest absolute Gasteiger partial charge is 0.311 e. The van der Waals surface area contributed by atoms with Gasteiger partial charge in [0.05, 0.1) is 34.0 Å². The highest BCUT2D eigenvalue weighted by molar-refractivity contribution is 7.91. The quantitative estimate of drug-likeness (QED) is 0.454. The van der Waals surface area contributed by atoms with Crippen molar-refractivity contribution in [1.29, 1.82) is 0 Å². The Hall–Kier alpha value is -2.91. The van der Waals surface area contributed by atoms with Gasteiger partial charge in [-0.15, -0.1) is 0 Å². The molecule has 194 valence electrons. The molecule has 3 aromatic rings. The molecule has 0 radical (unpaired) electrons. The third-order valence-electron chi connectivity index (χ3n) is 7.28. The predicted octanol–water partition coefficient (Wildman–Crippen LogP) is 4.51. The van der Waals surface area contributed by atoms with E-state index in [2.05, 4.69) is 12.2 Å². The van der Waals surface area contributed by atoms with E-state index in [1.54, 1.807) is 6.07 Å². The lowest BCUT2D eigenvalue weighted by atomic mass is 9.88. The van der Waals surface area contributed by atoms with Crippen molar-refractivity contribution < 1.29 is 22.8 Å². The second kappa shape index (κ2) is 9.52. The number of benzene rings is 2. The van der Waals surface area contributed by atoms with Crippen LogP contribution >= 0.6 is 0 Å². The van der Waals surface area contributed by atoms with Crippen LogP contribution in [-0.2, 0) is 21.2 Å². The minimum absolute atomic E-state index is 0.0730. The van der Waals surface area contributed by atoms with Crippen molar-refractivity contribution in [3.05, 3.63) is 63.9 Å². The van der Waals surface area contributed by atoms with Gasteiger partial charge in [-0.2, -0.15) is 4.74 Å². The lowest BCUT2D eigenvalue weighted by molar-refractivity contribution is -0.148. The lowest BCUT2D eigenvalue weighted by Gasteiger charge is -2.35. The molecule has 9 heteroatoms. The molecule has 0 aliphatic carbocycles. The Bertz CT molecular complexity index is 1440. The fourth-order valence-corrected chi connectivity index (χ4v) is 7.10. The Labute approximate surface area is 211 Å². The van der Waals surface area contributed by atoms with Crippen molar-refractivity contribution in [1.82, 2.24) is 10.1 Å². The molecule has 0 amide bonds. The Morgan fingerprint density at radius 2 is 1.92 bits per heavy atom. The van der Waals surface area contributed by atoms with Crippen LogP contribution in [0.2, 0.25) is 0 Å². The summed E-state index contributed by atoms with van der Waals surface area (Å²) in [6.07, 6.45) is 3.19. The monoisotopic (exact) mass is 514 g/mol. The molecule has 0 bridgehead atoms. The van der Waals surface area contributed by atoms with E-state index in [0.717, 1.165) is 23.1 Å². The molecule has 0 saturated heterocycles. The van der Waals surface area contributed by atoms with Gasteiger partial charge in [-0.1, -0.05) is 57.0 Å². The number of aliphatic carboxylic acids is 1. The van der Waals surface area contributed by atoms with Gasteiger partial charge >= 0.3 is 5.97 Å². The first-order valence-corrected chi connectivity index (χ1v) is 14.0. The Kier molecular flexibility index (Phi) is 6.92. The van der Waals surface area contributed by atoms with Crippen LogP contribution in [-0.4, -0.2) is 35.5 Å². The van der Waals surface area contributed by atoms with Crippen molar-refractivity contribution >= 4 is 26.8 Å². The van der Waals surface area contributed by atoms with E-state index in [-0.39, 0.29) is 28.2 Å². The van der Waals surface area contributed by atoms with Gasteiger partial charge in [0, 0.05) is 5.54 Å². The maximum atomic E-state index is 13.8. The van der Waals surface area contributed by atoms with Gasteiger partial charge in [-0.05, 0) is 49.9 Å². The molecule has 1 aliphatic heterocycles. The van der Waals surface area contributed by atoms with Crippen LogP contribution in [0.5, 0.6) is 0 Å². The zero-order chi connectivity index (χ0) is 26.3. The molecule has 0 spiro atoms. The minimum Gasteiger partial charge on any atom is -0.481 e. The number of fused-ring (bicyclic) bond motifs is 2. The van der Waals surface area contributed by atoms with Gasteiger partial charge in [0.1, 0.15) is 0 Å². The van der Waals surface area contributed by atoms with Crippen molar-refractivity contribution in [2.75, 3.05) is 5.75 Å². The highest BCUT2D eigenvalue weighted by Gasteiger charge is 2.42. The first-order valence-electron chi connectivity index (χ1n) is 12.4. The third-order valence-corrected chi connectivity index (χ3v) is 9.23. The maximum Gasteiger partial charge on any atom is 0.311 e. The zero-order valence-electron chi connectivity index (χ0n) is 21.2. The summed E-state index contributed by atoms with van der Waals surface area (Å²) >= 11 is 0. The van der Waals surface area contributed by atoms with Gasteiger partial charge in [-0.3, -0.25) is 14.9 Å². The number of hydrogen-bond acceptors (Lipinski definition) is 6. The van der Waals surface area contributed by atoms with Gasteiger partial charge in [0.25, 0.3) is 5.56 Å². The number of carbonyl (C=O) groups is 1. The maximum absolute atomic E-state index is 13.8. The Balaban J connectivity index is 1.95. The number of carboxylic acids is 1. The largest absolute Gasteiger partial charge is 0.481 e. The first kappa shape index (κ1) is 26.2. The van der Waals surface area contributed by atoms with E-state index < -0.39 is 38.4 Å². The summed E-state index contributed by atoms with van der Waals surface area (Å²) in [7, 11) is -3.76. The van der Waals surface area contributed by atoms with Gasteiger partial charge < -0.3 is 9.63 Å². The molecule has 0 fully saturated rings. The fraction of sp³-hybridized carbons (Fsp3) is 0.481. The summed E-state index contributed by atoms with van der Waals surface area (Å²) < 4.78 is 34.5. The summed E-state index contributed by atoms with van der Waals surface area (Å²) in [6, 6.07) is 12.3. The average molecular weight is 515 g/mol. The molecule has 4 rings (SSSR count). The number of carboxylic acid groups (broad SMARTS) is 1. The Morgan fingerprint density at radius 3 is 2.53 bits per heavy atom. The number of unbranched alkanes of at least 4 members (excludes halogenated alkanes) is 1. The van der Waals surface area contributed by atoms with Crippen molar-refractivity contribution in [3.8, 4) is 0 Å². The predicted molar refractivity (Wildman–Crippen MR) is 138 cm³/mol. The number of nitrogens with one attached hydrogen (secondary N) is 1. The van der Waals surface area contributed by atoms with Crippen LogP contribution in [0.1, 0.15) is 70.5 Å². The minimum atomic E-state index is -3.76. The standard InChI is InChI=1S/C27H34N2O6S/c1-5-7-13-27(6-2)17-36(33,34)22-15-19-21(35-29(24(19)30)16-26(3,4)25(31)32)14-20(22)23(28-27)18-11-9-8-10-12-18/h8-12,14-15,23,28H,5-7,13,16-17H2,1-4H3,(H,31,32)/t23-,27-/m1/s1. The molecule has 0 saturated carbocycles. The summed E-state index contributed by atoms with van der Waals surface area (Å²) in [4.78, 5) is 24.9. The molecule has 2 N–H and O–H groups in total. The molecule has 1 aromatic heterocycles. The van der Waals surface area contributed by atoms with Crippen LogP contribution in [0.15, 0.2) is 56.7 Å². The second-order valence-electron chi connectivity index (χ2n) is 10.5. The van der Waals surface area contributed by atoms with Crippen LogP contribution in [0.25, 0.3) is 11.0 Å². The van der Waals surface area contributed by atoms with Crippen molar-refractivity contribution in [2.24, 2.45) is 5.41 Å². The topological polar surface area (TPSA) is 119 Å². The average Bonchev–Trinajstić information content (AvgIpc) is 3.08. The highest BCUT2D eigenvalue weighted by atomic mass is 32.2. The SMILES string of the molecule is CCCC[C@]1(CC)CS(=O)(=O)c2cc3c(=O)n(CC(C)(C)C(=O)O)oc3cc2[C@@H](c2ccccc2)N1. The van der Waals surface area contributed by atoms with Gasteiger partial charge in [0.15, 0.2) is 15.4 Å². The van der Waals surface area contributed by atoms with Gasteiger partial charge in [-0.25, -0.2) is 8.42 Å². The molecule has 1 aliphatic rings. The number of sulfone groups is 1. The van der Waals surface area contributed by atoms with Gasteiger partial charge in [0.2, 0.25) is 0 Å².